The number of hydrogen-bond donors (Lipinski definition) is 3. The van der Waals surface area contributed by atoms with Crippen LogP contribution in [0.25, 0.3) is 22.0 Å². The Balaban J connectivity index is 2.03. The molecule has 0 bridgehead atoms. The van der Waals surface area contributed by atoms with Crippen molar-refractivity contribution in [3.05, 3.63) is 87.7 Å². The first-order valence-corrected chi connectivity index (χ1v) is 16.1. The number of nitrogens with one attached hydrogen (secondary N) is 3. The molecule has 1 amide bonds. The molecule has 3 N–H and O–H groups in total. The molecule has 0 unspecified atom stereocenters. The Morgan fingerprint density at radius 3 is 2.36 bits per heavy atom. The van der Waals surface area contributed by atoms with Crippen molar-refractivity contribution in [1.29, 1.82) is 0 Å². The maximum atomic E-state index is 15.3. The predicted molar refractivity (Wildman–Crippen MR) is 160 cm³/mol. The zero-order valence-corrected chi connectivity index (χ0v) is 25.7. The van der Waals surface area contributed by atoms with Gasteiger partial charge in [0.1, 0.15) is 11.5 Å². The topological polar surface area (TPSA) is 147 Å². The lowest BCUT2D eigenvalue weighted by Gasteiger charge is -2.21. The number of sulfonamides is 2. The number of benzene rings is 2. The lowest BCUT2D eigenvalue weighted by Crippen LogP contribution is -2.40. The van der Waals surface area contributed by atoms with E-state index in [0.29, 0.717) is 10.9 Å². The van der Waals surface area contributed by atoms with E-state index >= 15 is 4.39 Å². The van der Waals surface area contributed by atoms with Crippen LogP contribution in [-0.2, 0) is 26.6 Å². The molecule has 0 aliphatic carbocycles. The van der Waals surface area contributed by atoms with Crippen molar-refractivity contribution in [2.75, 3.05) is 0 Å². The highest BCUT2D eigenvalue weighted by Crippen LogP contribution is 2.35. The van der Waals surface area contributed by atoms with Crippen LogP contribution in [0.15, 0.2) is 64.4 Å². The van der Waals surface area contributed by atoms with Crippen molar-refractivity contribution < 1.29 is 26.0 Å². The number of hydrogen-bond acceptors (Lipinski definition) is 6. The van der Waals surface area contributed by atoms with Crippen LogP contribution in [0.3, 0.4) is 0 Å². The van der Waals surface area contributed by atoms with Crippen LogP contribution in [0, 0.1) is 12.7 Å². The highest BCUT2D eigenvalue weighted by atomic mass is 32.2. The highest BCUT2D eigenvalue weighted by molar-refractivity contribution is 7.90. The maximum Gasteiger partial charge on any atom is 0.282 e. The third kappa shape index (κ3) is 6.32. The van der Waals surface area contributed by atoms with E-state index in [2.05, 4.69) is 14.4 Å². The molecule has 13 heteroatoms. The van der Waals surface area contributed by atoms with E-state index in [0.717, 1.165) is 17.7 Å². The Hall–Kier alpha value is -3.81. The second kappa shape index (κ2) is 11.1. The van der Waals surface area contributed by atoms with E-state index in [1.54, 1.807) is 45.0 Å². The van der Waals surface area contributed by atoms with Gasteiger partial charge in [-0.3, -0.25) is 9.59 Å². The fourth-order valence-electron chi connectivity index (χ4n) is 4.53. The zero-order chi connectivity index (χ0) is 31.2. The van der Waals surface area contributed by atoms with Gasteiger partial charge in [0.05, 0.1) is 16.7 Å². The Morgan fingerprint density at radius 1 is 1.05 bits per heavy atom. The van der Waals surface area contributed by atoms with Crippen LogP contribution in [-0.4, -0.2) is 43.1 Å². The van der Waals surface area contributed by atoms with Gasteiger partial charge < -0.3 is 9.55 Å². The Bertz CT molecular complexity index is 1970. The van der Waals surface area contributed by atoms with Gasteiger partial charge in [0.2, 0.25) is 20.0 Å². The number of amides is 1. The van der Waals surface area contributed by atoms with Crippen molar-refractivity contribution in [3.63, 3.8) is 0 Å². The van der Waals surface area contributed by atoms with Crippen molar-refractivity contribution in [1.82, 2.24) is 19.0 Å². The number of fused-ring (bicyclic) bond motifs is 1. The zero-order valence-electron chi connectivity index (χ0n) is 24.1. The molecule has 0 saturated carbocycles. The Morgan fingerprint density at radius 2 is 1.74 bits per heavy atom. The second-order valence-corrected chi connectivity index (χ2v) is 15.3. The van der Waals surface area contributed by atoms with E-state index in [1.807, 2.05) is 6.92 Å². The summed E-state index contributed by atoms with van der Waals surface area (Å²) in [5.74, 6) is -1.76. The molecule has 0 aliphatic rings. The monoisotopic (exact) mass is 616 g/mol. The summed E-state index contributed by atoms with van der Waals surface area (Å²) < 4.78 is 72.8. The largest absolute Gasteiger partial charge is 0.331 e. The lowest BCUT2D eigenvalue weighted by atomic mass is 10.0. The van der Waals surface area contributed by atoms with Crippen molar-refractivity contribution >= 4 is 36.9 Å². The van der Waals surface area contributed by atoms with Gasteiger partial charge in [-0.2, -0.15) is 0 Å². The molecule has 0 saturated heterocycles. The molecule has 2 aromatic heterocycles. The van der Waals surface area contributed by atoms with E-state index in [4.69, 9.17) is 0 Å². The number of carbonyl (C=O) groups excluding carboxylic acids is 1. The molecule has 42 heavy (non-hydrogen) atoms. The number of aromatic nitrogens is 2. The van der Waals surface area contributed by atoms with Gasteiger partial charge in [0.15, 0.2) is 0 Å². The molecule has 2 heterocycles. The summed E-state index contributed by atoms with van der Waals surface area (Å²) in [6, 6.07) is 11.6. The van der Waals surface area contributed by atoms with Crippen LogP contribution in [0.4, 0.5) is 4.39 Å². The number of rotatable bonds is 8. The van der Waals surface area contributed by atoms with Crippen molar-refractivity contribution in [3.8, 4) is 11.1 Å². The number of pyridine rings is 1. The van der Waals surface area contributed by atoms with Gasteiger partial charge in [-0.15, -0.1) is 0 Å². The van der Waals surface area contributed by atoms with Gasteiger partial charge in [-0.05, 0) is 84.0 Å². The van der Waals surface area contributed by atoms with Gasteiger partial charge in [-0.25, -0.2) is 30.7 Å². The normalized spacial score (nSPS) is 12.7. The van der Waals surface area contributed by atoms with E-state index in [-0.39, 0.29) is 33.8 Å². The summed E-state index contributed by atoms with van der Waals surface area (Å²) >= 11 is 0. The summed E-state index contributed by atoms with van der Waals surface area (Å²) in [6.45, 7) is 9.30. The molecule has 0 radical (unpaired) electrons. The first kappa shape index (κ1) is 31.1. The van der Waals surface area contributed by atoms with Crippen LogP contribution in [0.1, 0.15) is 56.2 Å². The summed E-state index contributed by atoms with van der Waals surface area (Å²) in [7, 11) is -8.13. The molecule has 4 rings (SSSR count). The quantitative estimate of drug-likeness (QED) is 0.272. The van der Waals surface area contributed by atoms with E-state index in [9.17, 15) is 26.4 Å². The first-order chi connectivity index (χ1) is 19.4. The number of aromatic amines is 1. The highest BCUT2D eigenvalue weighted by Gasteiger charge is 2.30. The third-order valence-electron chi connectivity index (χ3n) is 6.47. The average Bonchev–Trinajstić information content (AvgIpc) is 3.16. The van der Waals surface area contributed by atoms with Crippen LogP contribution >= 0.6 is 0 Å². The van der Waals surface area contributed by atoms with Gasteiger partial charge in [-0.1, -0.05) is 11.6 Å². The molecule has 0 spiro atoms. The van der Waals surface area contributed by atoms with Crippen molar-refractivity contribution in [2.24, 2.45) is 0 Å². The molecule has 0 aliphatic heterocycles. The van der Waals surface area contributed by atoms with E-state index in [1.165, 1.54) is 36.7 Å². The maximum absolute atomic E-state index is 15.3. The van der Waals surface area contributed by atoms with Gasteiger partial charge in [0, 0.05) is 39.3 Å². The van der Waals surface area contributed by atoms with E-state index < -0.39 is 48.1 Å². The first-order valence-electron chi connectivity index (χ1n) is 13.1. The molecule has 2 aromatic carbocycles. The van der Waals surface area contributed by atoms with Gasteiger partial charge in [0.25, 0.3) is 11.5 Å². The number of nitrogens with zero attached hydrogens (tertiary/aromatic N) is 1. The summed E-state index contributed by atoms with van der Waals surface area (Å²) in [5.41, 5.74) is -0.126. The SMILES string of the molecule is Cc1ccc2c(c1)c(-c1ccc[nH]c1=O)c(C(=O)NS(=O)(=O)C(C)C)n2Cc1cc(S(=O)(=O)NC(C)(C)C)ccc1F. The summed E-state index contributed by atoms with van der Waals surface area (Å²) in [6.07, 6.45) is 1.42. The summed E-state index contributed by atoms with van der Waals surface area (Å²) in [5, 5.41) is -0.489. The minimum Gasteiger partial charge on any atom is -0.331 e. The summed E-state index contributed by atoms with van der Waals surface area (Å²) in [4.78, 5) is 29.1. The van der Waals surface area contributed by atoms with Crippen molar-refractivity contribution in [2.45, 2.75) is 63.8 Å². The van der Waals surface area contributed by atoms with Crippen LogP contribution < -0.4 is 15.0 Å². The molecular formula is C29H33FN4O6S2. The smallest absolute Gasteiger partial charge is 0.282 e. The minimum atomic E-state index is -4.10. The fourth-order valence-corrected chi connectivity index (χ4v) is 6.59. The number of halogens is 1. The number of aryl methyl sites for hydroxylation is 1. The molecule has 0 atom stereocenters. The number of carbonyl (C=O) groups is 1. The standard InChI is InChI=1S/C29H33FN4O6S2/c1-17(2)41(37,38)32-28(36)26-25(21-8-7-13-31-27(21)35)22-14-18(3)9-12-24(22)34(26)16-19-15-20(10-11-23(19)30)42(39,40)33-29(4,5)6/h7-15,17,33H,16H2,1-6H3,(H,31,35)(H,32,36). The van der Waals surface area contributed by atoms with Gasteiger partial charge >= 0.3 is 0 Å². The minimum absolute atomic E-state index is 0.0708. The third-order valence-corrected chi connectivity index (χ3v) is 9.94. The molecule has 4 aromatic rings. The lowest BCUT2D eigenvalue weighted by molar-refractivity contribution is 0.0973. The predicted octanol–water partition coefficient (Wildman–Crippen LogP) is 4.04. The average molecular weight is 617 g/mol. The molecule has 10 nitrogen and oxygen atoms in total. The van der Waals surface area contributed by atoms with Crippen LogP contribution in [0.2, 0.25) is 0 Å². The Labute approximate surface area is 244 Å². The molecule has 0 fully saturated rings. The number of H-pyrrole nitrogens is 1. The Kier molecular flexibility index (Phi) is 8.24. The fraction of sp³-hybridized carbons (Fsp3) is 0.310. The molecular weight excluding hydrogens is 583 g/mol. The second-order valence-electron chi connectivity index (χ2n) is 11.4. The van der Waals surface area contributed by atoms with Crippen LogP contribution in [0.5, 0.6) is 0 Å². The molecule has 224 valence electrons.